The fourth-order valence-corrected chi connectivity index (χ4v) is 0.528. The Balaban J connectivity index is 2.89. The fourth-order valence-electron chi connectivity index (χ4n) is 0.528. The normalized spacial score (nSPS) is 10.5. The summed E-state index contributed by atoms with van der Waals surface area (Å²) in [6.45, 7) is 1.84. The van der Waals surface area contributed by atoms with Crippen molar-refractivity contribution >= 4 is 6.21 Å². The molecule has 0 aliphatic heterocycles. The standard InChI is InChI=1S/C6H7N3O/c1-5-2-8-6(3-7-5)4-9-10/h2-4,10H,1H3/b9-4+. The van der Waals surface area contributed by atoms with Crippen molar-refractivity contribution in [3.63, 3.8) is 0 Å². The molecule has 1 N–H and O–H groups in total. The van der Waals surface area contributed by atoms with Crippen molar-refractivity contribution in [2.45, 2.75) is 6.92 Å². The minimum Gasteiger partial charge on any atom is -0.411 e. The predicted octanol–water partition coefficient (Wildman–Crippen LogP) is 0.593. The minimum absolute atomic E-state index is 0.549. The lowest BCUT2D eigenvalue weighted by Gasteiger charge is -1.89. The van der Waals surface area contributed by atoms with Crippen molar-refractivity contribution in [2.75, 3.05) is 0 Å². The van der Waals surface area contributed by atoms with Gasteiger partial charge in [-0.1, -0.05) is 5.16 Å². The first-order valence-electron chi connectivity index (χ1n) is 2.79. The van der Waals surface area contributed by atoms with E-state index in [1.807, 2.05) is 6.92 Å². The first-order valence-corrected chi connectivity index (χ1v) is 2.79. The Morgan fingerprint density at radius 3 is 2.80 bits per heavy atom. The van der Waals surface area contributed by atoms with E-state index in [1.54, 1.807) is 6.20 Å². The van der Waals surface area contributed by atoms with Crippen LogP contribution in [0.5, 0.6) is 0 Å². The molecule has 0 aromatic carbocycles. The molecule has 1 rings (SSSR count). The van der Waals surface area contributed by atoms with Crippen LogP contribution in [0, 0.1) is 6.92 Å². The molecule has 10 heavy (non-hydrogen) atoms. The van der Waals surface area contributed by atoms with Gasteiger partial charge in [-0.15, -0.1) is 0 Å². The third-order valence-electron chi connectivity index (χ3n) is 0.991. The van der Waals surface area contributed by atoms with Gasteiger partial charge >= 0.3 is 0 Å². The van der Waals surface area contributed by atoms with Crippen LogP contribution in [0.1, 0.15) is 11.4 Å². The van der Waals surface area contributed by atoms with Gasteiger partial charge in [0.15, 0.2) is 0 Å². The molecule has 0 aliphatic carbocycles. The maximum Gasteiger partial charge on any atom is 0.103 e. The summed E-state index contributed by atoms with van der Waals surface area (Å²) in [5.74, 6) is 0. The lowest BCUT2D eigenvalue weighted by atomic mass is 10.4. The molecular weight excluding hydrogens is 130 g/mol. The third kappa shape index (κ3) is 1.51. The van der Waals surface area contributed by atoms with Crippen LogP contribution in [0.25, 0.3) is 0 Å². The summed E-state index contributed by atoms with van der Waals surface area (Å²) in [5.41, 5.74) is 1.39. The molecule has 1 aromatic heterocycles. The Morgan fingerprint density at radius 1 is 1.50 bits per heavy atom. The van der Waals surface area contributed by atoms with Gasteiger partial charge in [0, 0.05) is 6.20 Å². The van der Waals surface area contributed by atoms with Crippen molar-refractivity contribution in [1.29, 1.82) is 0 Å². The summed E-state index contributed by atoms with van der Waals surface area (Å²) in [4.78, 5) is 7.83. The zero-order valence-electron chi connectivity index (χ0n) is 5.52. The average molecular weight is 137 g/mol. The van der Waals surface area contributed by atoms with Crippen LogP contribution in [0.4, 0.5) is 0 Å². The van der Waals surface area contributed by atoms with E-state index in [2.05, 4.69) is 15.1 Å². The highest BCUT2D eigenvalue weighted by Gasteiger charge is 1.87. The quantitative estimate of drug-likeness (QED) is 0.350. The molecule has 0 spiro atoms. The molecule has 0 unspecified atom stereocenters. The zero-order valence-corrected chi connectivity index (χ0v) is 5.52. The van der Waals surface area contributed by atoms with E-state index in [9.17, 15) is 0 Å². The lowest BCUT2D eigenvalue weighted by molar-refractivity contribution is 0.321. The van der Waals surface area contributed by atoms with E-state index < -0.39 is 0 Å². The molecule has 4 heteroatoms. The molecule has 0 aliphatic rings. The van der Waals surface area contributed by atoms with Gasteiger partial charge in [-0.05, 0) is 6.92 Å². The van der Waals surface area contributed by atoms with Crippen LogP contribution in [0.15, 0.2) is 17.5 Å². The molecule has 4 nitrogen and oxygen atoms in total. The van der Waals surface area contributed by atoms with Gasteiger partial charge in [0.2, 0.25) is 0 Å². The molecular formula is C6H7N3O. The molecule has 1 heterocycles. The van der Waals surface area contributed by atoms with Crippen LogP contribution in [0.2, 0.25) is 0 Å². The van der Waals surface area contributed by atoms with Crippen molar-refractivity contribution < 1.29 is 5.21 Å². The topological polar surface area (TPSA) is 58.4 Å². The minimum atomic E-state index is 0.549. The number of rotatable bonds is 1. The molecule has 52 valence electrons. The molecule has 0 saturated heterocycles. The number of hydrogen-bond acceptors (Lipinski definition) is 4. The molecule has 0 bridgehead atoms. The average Bonchev–Trinajstić information content (AvgIpc) is 1.95. The van der Waals surface area contributed by atoms with E-state index in [1.165, 1.54) is 12.4 Å². The van der Waals surface area contributed by atoms with Crippen LogP contribution in [-0.2, 0) is 0 Å². The van der Waals surface area contributed by atoms with Gasteiger partial charge in [-0.2, -0.15) is 0 Å². The van der Waals surface area contributed by atoms with Gasteiger partial charge in [0.05, 0.1) is 18.1 Å². The second-order valence-corrected chi connectivity index (χ2v) is 1.83. The predicted molar refractivity (Wildman–Crippen MR) is 36.1 cm³/mol. The second kappa shape index (κ2) is 2.91. The summed E-state index contributed by atoms with van der Waals surface area (Å²) in [6.07, 6.45) is 4.37. The number of nitrogens with zero attached hydrogens (tertiary/aromatic N) is 3. The lowest BCUT2D eigenvalue weighted by Crippen LogP contribution is -1.90. The molecule has 0 radical (unpaired) electrons. The van der Waals surface area contributed by atoms with Gasteiger partial charge in [-0.25, -0.2) is 0 Å². The highest BCUT2D eigenvalue weighted by Crippen LogP contribution is 1.89. The number of aromatic nitrogens is 2. The van der Waals surface area contributed by atoms with Crippen LogP contribution in [0.3, 0.4) is 0 Å². The summed E-state index contributed by atoms with van der Waals surface area (Å²) in [5, 5.41) is 10.9. The smallest absolute Gasteiger partial charge is 0.103 e. The Kier molecular flexibility index (Phi) is 1.94. The molecule has 0 saturated carbocycles. The van der Waals surface area contributed by atoms with Crippen molar-refractivity contribution in [2.24, 2.45) is 5.16 Å². The first kappa shape index (κ1) is 6.67. The number of hydrogen-bond donors (Lipinski definition) is 1. The first-order chi connectivity index (χ1) is 4.83. The van der Waals surface area contributed by atoms with Gasteiger partial charge in [0.25, 0.3) is 0 Å². The Labute approximate surface area is 58.2 Å². The number of oxime groups is 1. The van der Waals surface area contributed by atoms with Gasteiger partial charge < -0.3 is 5.21 Å². The van der Waals surface area contributed by atoms with Crippen LogP contribution < -0.4 is 0 Å². The van der Waals surface area contributed by atoms with E-state index in [0.29, 0.717) is 5.69 Å². The highest BCUT2D eigenvalue weighted by atomic mass is 16.4. The number of aryl methyl sites for hydroxylation is 1. The fraction of sp³-hybridized carbons (Fsp3) is 0.167. The summed E-state index contributed by atoms with van der Waals surface area (Å²) in [7, 11) is 0. The van der Waals surface area contributed by atoms with Crippen molar-refractivity contribution in [3.8, 4) is 0 Å². The molecule has 0 atom stereocenters. The zero-order chi connectivity index (χ0) is 7.40. The largest absolute Gasteiger partial charge is 0.411 e. The summed E-state index contributed by atoms with van der Waals surface area (Å²) in [6, 6.07) is 0. The van der Waals surface area contributed by atoms with E-state index >= 15 is 0 Å². The Morgan fingerprint density at radius 2 is 2.30 bits per heavy atom. The maximum atomic E-state index is 8.09. The second-order valence-electron chi connectivity index (χ2n) is 1.83. The van der Waals surface area contributed by atoms with E-state index in [-0.39, 0.29) is 0 Å². The van der Waals surface area contributed by atoms with Crippen molar-refractivity contribution in [1.82, 2.24) is 9.97 Å². The monoisotopic (exact) mass is 137 g/mol. The van der Waals surface area contributed by atoms with Crippen LogP contribution in [-0.4, -0.2) is 21.4 Å². The maximum absolute atomic E-state index is 8.09. The van der Waals surface area contributed by atoms with Gasteiger partial charge in [0.1, 0.15) is 5.69 Å². The summed E-state index contributed by atoms with van der Waals surface area (Å²) < 4.78 is 0. The van der Waals surface area contributed by atoms with Crippen LogP contribution >= 0.6 is 0 Å². The van der Waals surface area contributed by atoms with Gasteiger partial charge in [-0.3, -0.25) is 9.97 Å². The SMILES string of the molecule is Cc1cnc(/C=N/O)cn1. The molecule has 0 fully saturated rings. The Bertz CT molecular complexity index is 229. The van der Waals surface area contributed by atoms with E-state index in [0.717, 1.165) is 5.69 Å². The third-order valence-corrected chi connectivity index (χ3v) is 0.991. The van der Waals surface area contributed by atoms with E-state index in [4.69, 9.17) is 5.21 Å². The highest BCUT2D eigenvalue weighted by molar-refractivity contribution is 5.75. The molecule has 0 amide bonds. The van der Waals surface area contributed by atoms with Crippen molar-refractivity contribution in [3.05, 3.63) is 23.8 Å². The molecule has 1 aromatic rings. The Hall–Kier alpha value is -1.45. The summed E-state index contributed by atoms with van der Waals surface area (Å²) >= 11 is 0.